The maximum Gasteiger partial charge on any atom is 0.239 e. The average Bonchev–Trinajstić information content (AvgIpc) is 2.84. The van der Waals surface area contributed by atoms with Crippen LogP contribution in [0.3, 0.4) is 0 Å². The van der Waals surface area contributed by atoms with Crippen LogP contribution in [0.1, 0.15) is 5.56 Å². The number of carbonyl (C=O) groups excluding carboxylic acids is 1. The summed E-state index contributed by atoms with van der Waals surface area (Å²) in [5.41, 5.74) is 6.93. The lowest BCUT2D eigenvalue weighted by atomic mass is 10.3. The summed E-state index contributed by atoms with van der Waals surface area (Å²) in [6.07, 6.45) is 6.65. The summed E-state index contributed by atoms with van der Waals surface area (Å²) in [4.78, 5) is 10.7. The van der Waals surface area contributed by atoms with Crippen molar-refractivity contribution in [1.29, 1.82) is 0 Å². The number of amides is 1. The number of hydrogen-bond acceptors (Lipinski definition) is 4. The van der Waals surface area contributed by atoms with Gasteiger partial charge in [-0.15, -0.1) is 0 Å². The minimum atomic E-state index is -0.413. The van der Waals surface area contributed by atoms with Crippen LogP contribution in [0.2, 0.25) is 0 Å². The number of carbonyl (C=O) groups is 1. The molecule has 0 aliphatic rings. The molecule has 16 heavy (non-hydrogen) atoms. The van der Waals surface area contributed by atoms with Crippen LogP contribution in [0.4, 0.5) is 5.69 Å². The Balaban J connectivity index is 1.90. The van der Waals surface area contributed by atoms with E-state index in [1.165, 1.54) is 4.68 Å². The Morgan fingerprint density at radius 3 is 3.19 bits per heavy atom. The van der Waals surface area contributed by atoms with Crippen molar-refractivity contribution in [2.24, 2.45) is 5.73 Å². The van der Waals surface area contributed by atoms with Gasteiger partial charge in [0.2, 0.25) is 5.91 Å². The first-order valence-electron chi connectivity index (χ1n) is 4.80. The van der Waals surface area contributed by atoms with Crippen molar-refractivity contribution in [1.82, 2.24) is 9.78 Å². The third kappa shape index (κ3) is 2.63. The smallest absolute Gasteiger partial charge is 0.239 e. The summed E-state index contributed by atoms with van der Waals surface area (Å²) in [6, 6.07) is 1.88. The number of nitrogens with two attached hydrogens (primary N) is 1. The molecule has 0 saturated heterocycles. The Kier molecular flexibility index (Phi) is 2.90. The van der Waals surface area contributed by atoms with Crippen LogP contribution in [-0.2, 0) is 17.9 Å². The summed E-state index contributed by atoms with van der Waals surface area (Å²) in [5, 5.41) is 7.13. The van der Waals surface area contributed by atoms with E-state index in [0.29, 0.717) is 6.54 Å². The van der Waals surface area contributed by atoms with Crippen molar-refractivity contribution < 1.29 is 9.21 Å². The molecule has 2 heterocycles. The van der Waals surface area contributed by atoms with Gasteiger partial charge in [-0.2, -0.15) is 5.10 Å². The van der Waals surface area contributed by atoms with E-state index in [4.69, 9.17) is 10.2 Å². The largest absolute Gasteiger partial charge is 0.472 e. The van der Waals surface area contributed by atoms with E-state index < -0.39 is 5.91 Å². The fourth-order valence-corrected chi connectivity index (χ4v) is 1.30. The van der Waals surface area contributed by atoms with Gasteiger partial charge in [-0.1, -0.05) is 0 Å². The lowest BCUT2D eigenvalue weighted by molar-refractivity contribution is -0.118. The molecule has 3 N–H and O–H groups in total. The lowest BCUT2D eigenvalue weighted by Gasteiger charge is -1.99. The summed E-state index contributed by atoms with van der Waals surface area (Å²) in [5.74, 6) is -0.413. The first-order chi connectivity index (χ1) is 7.74. The average molecular weight is 220 g/mol. The van der Waals surface area contributed by atoms with Gasteiger partial charge >= 0.3 is 0 Å². The number of furan rings is 1. The lowest BCUT2D eigenvalue weighted by Crippen LogP contribution is -2.18. The normalized spacial score (nSPS) is 10.2. The van der Waals surface area contributed by atoms with Crippen molar-refractivity contribution in [3.05, 3.63) is 36.5 Å². The first-order valence-corrected chi connectivity index (χ1v) is 4.80. The molecule has 2 rings (SSSR count). The molecule has 1 amide bonds. The van der Waals surface area contributed by atoms with Crippen molar-refractivity contribution >= 4 is 11.6 Å². The highest BCUT2D eigenvalue weighted by atomic mass is 16.3. The van der Waals surface area contributed by atoms with Crippen molar-refractivity contribution in [3.63, 3.8) is 0 Å². The Bertz CT molecular complexity index is 461. The van der Waals surface area contributed by atoms with Gasteiger partial charge in [0.15, 0.2) is 0 Å². The van der Waals surface area contributed by atoms with E-state index in [2.05, 4.69) is 10.4 Å². The molecule has 0 fully saturated rings. The Morgan fingerprint density at radius 1 is 1.62 bits per heavy atom. The predicted molar refractivity (Wildman–Crippen MR) is 57.5 cm³/mol. The molecule has 0 aliphatic carbocycles. The molecule has 0 spiro atoms. The number of nitrogens with one attached hydrogen (secondary N) is 1. The molecule has 2 aromatic heterocycles. The number of anilines is 1. The van der Waals surface area contributed by atoms with E-state index in [0.717, 1.165) is 11.3 Å². The minimum absolute atomic E-state index is 0.0907. The first kappa shape index (κ1) is 10.3. The van der Waals surface area contributed by atoms with Gasteiger partial charge in [-0.25, -0.2) is 0 Å². The van der Waals surface area contributed by atoms with Gasteiger partial charge in [0.25, 0.3) is 0 Å². The zero-order valence-corrected chi connectivity index (χ0v) is 8.59. The van der Waals surface area contributed by atoms with E-state index in [9.17, 15) is 4.79 Å². The van der Waals surface area contributed by atoms with Gasteiger partial charge < -0.3 is 15.5 Å². The molecule has 0 saturated carbocycles. The standard InChI is InChI=1S/C10H12N4O2/c11-10(15)6-14-5-9(4-13-14)12-3-8-1-2-16-7-8/h1-2,4-5,7,12H,3,6H2,(H2,11,15). The molecule has 0 aromatic carbocycles. The maximum absolute atomic E-state index is 10.7. The SMILES string of the molecule is NC(=O)Cn1cc(NCc2ccoc2)cn1. The van der Waals surface area contributed by atoms with Crippen LogP contribution in [0, 0.1) is 0 Å². The molecular weight excluding hydrogens is 208 g/mol. The molecule has 0 atom stereocenters. The van der Waals surface area contributed by atoms with Crippen LogP contribution < -0.4 is 11.1 Å². The predicted octanol–water partition coefficient (Wildman–Crippen LogP) is 0.573. The Hall–Kier alpha value is -2.24. The summed E-state index contributed by atoms with van der Waals surface area (Å²) < 4.78 is 6.42. The van der Waals surface area contributed by atoms with E-state index in [-0.39, 0.29) is 6.54 Å². The number of nitrogens with zero attached hydrogens (tertiary/aromatic N) is 2. The van der Waals surface area contributed by atoms with Crippen molar-refractivity contribution in [3.8, 4) is 0 Å². The van der Waals surface area contributed by atoms with Gasteiger partial charge in [0, 0.05) is 18.3 Å². The highest BCUT2D eigenvalue weighted by Gasteiger charge is 2.01. The second kappa shape index (κ2) is 4.52. The third-order valence-electron chi connectivity index (χ3n) is 2.03. The fraction of sp³-hybridized carbons (Fsp3) is 0.200. The molecule has 0 bridgehead atoms. The maximum atomic E-state index is 10.7. The second-order valence-corrected chi connectivity index (χ2v) is 3.38. The summed E-state index contributed by atoms with van der Waals surface area (Å²) >= 11 is 0. The highest BCUT2D eigenvalue weighted by molar-refractivity contribution is 5.73. The van der Waals surface area contributed by atoms with E-state index in [1.54, 1.807) is 24.9 Å². The van der Waals surface area contributed by atoms with Crippen LogP contribution in [0.5, 0.6) is 0 Å². The zero-order valence-electron chi connectivity index (χ0n) is 8.59. The summed E-state index contributed by atoms with van der Waals surface area (Å²) in [7, 11) is 0. The van der Waals surface area contributed by atoms with E-state index in [1.807, 2.05) is 6.07 Å². The number of rotatable bonds is 5. The molecule has 2 aromatic rings. The van der Waals surface area contributed by atoms with Gasteiger partial charge in [0.05, 0.1) is 24.4 Å². The van der Waals surface area contributed by atoms with Crippen LogP contribution in [0.25, 0.3) is 0 Å². The van der Waals surface area contributed by atoms with Crippen molar-refractivity contribution in [2.75, 3.05) is 5.32 Å². The molecular formula is C10H12N4O2. The van der Waals surface area contributed by atoms with Crippen LogP contribution in [0.15, 0.2) is 35.4 Å². The van der Waals surface area contributed by atoms with E-state index >= 15 is 0 Å². The third-order valence-corrected chi connectivity index (χ3v) is 2.03. The summed E-state index contributed by atoms with van der Waals surface area (Å²) in [6.45, 7) is 0.742. The zero-order chi connectivity index (χ0) is 11.4. The van der Waals surface area contributed by atoms with Gasteiger partial charge in [-0.3, -0.25) is 9.48 Å². The Labute approximate surface area is 92.0 Å². The molecule has 6 nitrogen and oxygen atoms in total. The molecule has 0 unspecified atom stereocenters. The number of aromatic nitrogens is 2. The quantitative estimate of drug-likeness (QED) is 0.771. The Morgan fingerprint density at radius 2 is 2.50 bits per heavy atom. The molecule has 0 radical (unpaired) electrons. The number of hydrogen-bond donors (Lipinski definition) is 2. The number of primary amides is 1. The van der Waals surface area contributed by atoms with Crippen LogP contribution in [-0.4, -0.2) is 15.7 Å². The molecule has 6 heteroatoms. The van der Waals surface area contributed by atoms with Crippen molar-refractivity contribution in [2.45, 2.75) is 13.1 Å². The van der Waals surface area contributed by atoms with Gasteiger partial charge in [-0.05, 0) is 6.07 Å². The fourth-order valence-electron chi connectivity index (χ4n) is 1.30. The highest BCUT2D eigenvalue weighted by Crippen LogP contribution is 2.08. The topological polar surface area (TPSA) is 86.1 Å². The minimum Gasteiger partial charge on any atom is -0.472 e. The van der Waals surface area contributed by atoms with Crippen LogP contribution >= 0.6 is 0 Å². The second-order valence-electron chi connectivity index (χ2n) is 3.38. The van der Waals surface area contributed by atoms with Gasteiger partial charge in [0.1, 0.15) is 6.54 Å². The molecule has 0 aliphatic heterocycles. The molecule has 84 valence electrons. The monoisotopic (exact) mass is 220 g/mol.